The van der Waals surface area contributed by atoms with E-state index in [4.69, 9.17) is 0 Å². The summed E-state index contributed by atoms with van der Waals surface area (Å²) in [5, 5.41) is 3.78. The van der Waals surface area contributed by atoms with Crippen LogP contribution < -0.4 is 5.32 Å². The van der Waals surface area contributed by atoms with Crippen molar-refractivity contribution in [1.82, 2.24) is 5.32 Å². The molecule has 0 heterocycles. The molecule has 0 amide bonds. The zero-order valence-corrected chi connectivity index (χ0v) is 12.4. The van der Waals surface area contributed by atoms with E-state index >= 15 is 0 Å². The van der Waals surface area contributed by atoms with Crippen molar-refractivity contribution >= 4 is 0 Å². The molecule has 0 spiro atoms. The van der Waals surface area contributed by atoms with E-state index in [1.54, 1.807) is 0 Å². The molecule has 1 nitrogen and oxygen atoms in total. The Labute approximate surface area is 114 Å². The van der Waals surface area contributed by atoms with Crippen molar-refractivity contribution in [2.75, 3.05) is 6.54 Å². The molecule has 0 aromatic heterocycles. The summed E-state index contributed by atoms with van der Waals surface area (Å²) in [5.41, 5.74) is 0. The van der Waals surface area contributed by atoms with E-state index in [9.17, 15) is 0 Å². The first kappa shape index (κ1) is 15.6. The molecule has 0 aliphatic heterocycles. The van der Waals surface area contributed by atoms with Crippen molar-refractivity contribution in [2.45, 2.75) is 84.1 Å². The van der Waals surface area contributed by atoms with Gasteiger partial charge in [0.25, 0.3) is 0 Å². The molecule has 1 aliphatic carbocycles. The highest BCUT2D eigenvalue weighted by atomic mass is 14.9. The van der Waals surface area contributed by atoms with Crippen LogP contribution in [0.3, 0.4) is 0 Å². The quantitative estimate of drug-likeness (QED) is 0.683. The highest BCUT2D eigenvalue weighted by Crippen LogP contribution is 2.26. The summed E-state index contributed by atoms with van der Waals surface area (Å²) >= 11 is 0. The first-order valence-corrected chi connectivity index (χ1v) is 8.01. The molecule has 1 atom stereocenters. The van der Waals surface area contributed by atoms with Crippen LogP contribution in [0.25, 0.3) is 0 Å². The normalized spacial score (nSPS) is 19.4. The van der Waals surface area contributed by atoms with Crippen LogP contribution in [0.4, 0.5) is 0 Å². The Hall–Kier alpha value is -0.480. The van der Waals surface area contributed by atoms with Crippen LogP contribution >= 0.6 is 0 Å². The number of nitrogens with one attached hydrogen (secondary N) is 1. The Morgan fingerprint density at radius 2 is 1.78 bits per heavy atom. The third-order valence-corrected chi connectivity index (χ3v) is 4.13. The molecule has 1 unspecified atom stereocenters. The van der Waals surface area contributed by atoms with Gasteiger partial charge in [-0.25, -0.2) is 0 Å². The van der Waals surface area contributed by atoms with E-state index in [1.165, 1.54) is 64.3 Å². The van der Waals surface area contributed by atoms with Gasteiger partial charge < -0.3 is 5.32 Å². The molecule has 1 N–H and O–H groups in total. The van der Waals surface area contributed by atoms with Gasteiger partial charge in [-0.05, 0) is 45.1 Å². The van der Waals surface area contributed by atoms with Crippen molar-refractivity contribution in [1.29, 1.82) is 0 Å². The molecule has 104 valence electrons. The van der Waals surface area contributed by atoms with E-state index in [0.29, 0.717) is 6.04 Å². The summed E-state index contributed by atoms with van der Waals surface area (Å²) in [6, 6.07) is 0.712. The van der Waals surface area contributed by atoms with Gasteiger partial charge in [0.15, 0.2) is 0 Å². The van der Waals surface area contributed by atoms with Gasteiger partial charge in [-0.3, -0.25) is 0 Å². The largest absolute Gasteiger partial charge is 0.314 e. The van der Waals surface area contributed by atoms with Crippen molar-refractivity contribution in [3.63, 3.8) is 0 Å². The second kappa shape index (κ2) is 10.4. The Morgan fingerprint density at radius 1 is 1.11 bits per heavy atom. The Kier molecular flexibility index (Phi) is 9.04. The van der Waals surface area contributed by atoms with Crippen molar-refractivity contribution in [3.05, 3.63) is 0 Å². The fourth-order valence-corrected chi connectivity index (χ4v) is 3.08. The molecule has 1 saturated carbocycles. The minimum absolute atomic E-state index is 0.712. The number of hydrogen-bond donors (Lipinski definition) is 1. The lowest BCUT2D eigenvalue weighted by Gasteiger charge is -2.29. The maximum absolute atomic E-state index is 3.78. The maximum Gasteiger partial charge on any atom is 0.0104 e. The average molecular weight is 249 g/mol. The van der Waals surface area contributed by atoms with Gasteiger partial charge in [-0.1, -0.05) is 39.0 Å². The van der Waals surface area contributed by atoms with Gasteiger partial charge in [0.05, 0.1) is 0 Å². The summed E-state index contributed by atoms with van der Waals surface area (Å²) in [6.45, 7) is 5.37. The fourth-order valence-electron chi connectivity index (χ4n) is 3.08. The van der Waals surface area contributed by atoms with E-state index in [2.05, 4.69) is 24.1 Å². The fraction of sp³-hybridized carbons (Fsp3) is 0.882. The lowest BCUT2D eigenvalue weighted by molar-refractivity contribution is 0.275. The Bertz CT molecular complexity index is 240. The molecular weight excluding hydrogens is 218 g/mol. The van der Waals surface area contributed by atoms with Crippen LogP contribution in [-0.2, 0) is 0 Å². The van der Waals surface area contributed by atoms with Crippen molar-refractivity contribution in [2.24, 2.45) is 5.92 Å². The van der Waals surface area contributed by atoms with Crippen LogP contribution in [0.5, 0.6) is 0 Å². The molecule has 0 radical (unpaired) electrons. The van der Waals surface area contributed by atoms with Gasteiger partial charge >= 0.3 is 0 Å². The van der Waals surface area contributed by atoms with Crippen LogP contribution in [-0.4, -0.2) is 12.6 Å². The monoisotopic (exact) mass is 249 g/mol. The van der Waals surface area contributed by atoms with Crippen molar-refractivity contribution in [3.8, 4) is 11.8 Å². The summed E-state index contributed by atoms with van der Waals surface area (Å²) < 4.78 is 0. The molecule has 1 rings (SSSR count). The minimum atomic E-state index is 0.712. The highest BCUT2D eigenvalue weighted by molar-refractivity contribution is 4.96. The lowest BCUT2D eigenvalue weighted by atomic mass is 9.84. The molecule has 18 heavy (non-hydrogen) atoms. The predicted octanol–water partition coefficient (Wildman–Crippen LogP) is 4.52. The van der Waals surface area contributed by atoms with Crippen LogP contribution in [0.2, 0.25) is 0 Å². The summed E-state index contributed by atoms with van der Waals surface area (Å²) in [5.74, 6) is 7.16. The molecule has 0 bridgehead atoms. The SMILES string of the molecule is CC#CCCC(NCCC)C1CCCCCCC1. The van der Waals surface area contributed by atoms with Gasteiger partial charge in [0.2, 0.25) is 0 Å². The third kappa shape index (κ3) is 6.45. The van der Waals surface area contributed by atoms with Crippen LogP contribution in [0.15, 0.2) is 0 Å². The zero-order valence-electron chi connectivity index (χ0n) is 12.4. The zero-order chi connectivity index (χ0) is 13.1. The Morgan fingerprint density at radius 3 is 2.39 bits per heavy atom. The van der Waals surface area contributed by atoms with Crippen LogP contribution in [0.1, 0.15) is 78.1 Å². The number of hydrogen-bond acceptors (Lipinski definition) is 1. The molecule has 0 aromatic rings. The van der Waals surface area contributed by atoms with E-state index in [-0.39, 0.29) is 0 Å². The molecular formula is C17H31N. The molecule has 0 aromatic carbocycles. The molecule has 1 fully saturated rings. The first-order chi connectivity index (χ1) is 8.88. The maximum atomic E-state index is 3.78. The van der Waals surface area contributed by atoms with E-state index < -0.39 is 0 Å². The van der Waals surface area contributed by atoms with Gasteiger partial charge in [-0.15, -0.1) is 11.8 Å². The average Bonchev–Trinajstić information content (AvgIpc) is 2.34. The predicted molar refractivity (Wildman–Crippen MR) is 80.6 cm³/mol. The first-order valence-electron chi connectivity index (χ1n) is 8.01. The molecule has 1 aliphatic rings. The summed E-state index contributed by atoms with van der Waals surface area (Å²) in [4.78, 5) is 0. The van der Waals surface area contributed by atoms with Gasteiger partial charge in [0, 0.05) is 12.5 Å². The van der Waals surface area contributed by atoms with Gasteiger partial charge in [-0.2, -0.15) is 0 Å². The van der Waals surface area contributed by atoms with Gasteiger partial charge in [0.1, 0.15) is 0 Å². The second-order valence-electron chi connectivity index (χ2n) is 5.63. The topological polar surface area (TPSA) is 12.0 Å². The third-order valence-electron chi connectivity index (χ3n) is 4.13. The van der Waals surface area contributed by atoms with E-state index in [1.807, 2.05) is 6.92 Å². The summed E-state index contributed by atoms with van der Waals surface area (Å²) in [6.07, 6.45) is 13.6. The minimum Gasteiger partial charge on any atom is -0.314 e. The Balaban J connectivity index is 2.44. The molecule has 1 heteroatoms. The van der Waals surface area contributed by atoms with Crippen molar-refractivity contribution < 1.29 is 0 Å². The van der Waals surface area contributed by atoms with E-state index in [0.717, 1.165) is 12.3 Å². The highest BCUT2D eigenvalue weighted by Gasteiger charge is 2.20. The smallest absolute Gasteiger partial charge is 0.0104 e. The molecule has 0 saturated heterocycles. The lowest BCUT2D eigenvalue weighted by Crippen LogP contribution is -2.37. The van der Waals surface area contributed by atoms with Crippen LogP contribution in [0, 0.1) is 17.8 Å². The standard InChI is InChI=1S/C17H31N/c1-3-5-9-14-17(18-15-4-2)16-12-10-7-6-8-11-13-16/h16-18H,4,6-15H2,1-2H3. The summed E-state index contributed by atoms with van der Waals surface area (Å²) in [7, 11) is 0. The second-order valence-corrected chi connectivity index (χ2v) is 5.63. The number of rotatable bonds is 6.